The molecule has 1 aromatic heterocycles. The number of rotatable bonds is 6. The molecule has 1 aliphatic heterocycles. The summed E-state index contributed by atoms with van der Waals surface area (Å²) in [6.07, 6.45) is 2.98. The lowest BCUT2D eigenvalue weighted by atomic mass is 10.0. The highest BCUT2D eigenvalue weighted by Crippen LogP contribution is 2.21. The number of nitrogens with one attached hydrogen (secondary N) is 1. The van der Waals surface area contributed by atoms with Crippen molar-refractivity contribution in [3.05, 3.63) is 53.5 Å². The SMILES string of the molecule is COc1ccc(C(C)=O)cc1CC(=O)NC1CCN(C(=O)c2ccco2)CC1. The highest BCUT2D eigenvalue weighted by Gasteiger charge is 2.26. The molecule has 0 bridgehead atoms. The minimum absolute atomic E-state index is 0.00938. The molecular weight excluding hydrogens is 360 g/mol. The molecule has 1 fully saturated rings. The molecule has 0 saturated carbocycles. The number of Topliss-reactive ketones (excluding diaryl/α,β-unsaturated/α-hetero) is 1. The van der Waals surface area contributed by atoms with Crippen molar-refractivity contribution in [3.63, 3.8) is 0 Å². The van der Waals surface area contributed by atoms with Gasteiger partial charge in [-0.2, -0.15) is 0 Å². The smallest absolute Gasteiger partial charge is 0.289 e. The molecule has 0 atom stereocenters. The zero-order chi connectivity index (χ0) is 20.1. The van der Waals surface area contributed by atoms with Crippen LogP contribution in [0.3, 0.4) is 0 Å². The molecule has 1 aromatic carbocycles. The second kappa shape index (κ2) is 8.73. The Labute approximate surface area is 163 Å². The number of ether oxygens (including phenoxy) is 1. The third kappa shape index (κ3) is 4.60. The summed E-state index contributed by atoms with van der Waals surface area (Å²) in [5.41, 5.74) is 1.23. The van der Waals surface area contributed by atoms with E-state index in [9.17, 15) is 14.4 Å². The summed E-state index contributed by atoms with van der Waals surface area (Å²) >= 11 is 0. The molecule has 2 amide bonds. The number of piperidine rings is 1. The molecule has 0 aliphatic carbocycles. The fourth-order valence-corrected chi connectivity index (χ4v) is 3.37. The fourth-order valence-electron chi connectivity index (χ4n) is 3.37. The van der Waals surface area contributed by atoms with Crippen LogP contribution in [-0.2, 0) is 11.2 Å². The quantitative estimate of drug-likeness (QED) is 0.773. The maximum absolute atomic E-state index is 12.5. The van der Waals surface area contributed by atoms with E-state index in [1.54, 1.807) is 35.2 Å². The standard InChI is InChI=1S/C21H24N2O5/c1-14(24)15-5-6-18(27-2)16(12-15)13-20(25)22-17-7-9-23(10-8-17)21(26)19-4-3-11-28-19/h3-6,11-12,17H,7-10,13H2,1-2H3,(H,22,25). The first-order chi connectivity index (χ1) is 13.5. The Balaban J connectivity index is 1.54. The zero-order valence-electron chi connectivity index (χ0n) is 16.1. The molecule has 7 nitrogen and oxygen atoms in total. The van der Waals surface area contributed by atoms with Crippen LogP contribution in [0.1, 0.15) is 46.2 Å². The Morgan fingerprint density at radius 1 is 1.21 bits per heavy atom. The number of ketones is 1. The fraction of sp³-hybridized carbons (Fsp3) is 0.381. The molecule has 1 N–H and O–H groups in total. The predicted octanol–water partition coefficient (Wildman–Crippen LogP) is 2.45. The summed E-state index contributed by atoms with van der Waals surface area (Å²) in [7, 11) is 1.54. The molecule has 3 rings (SSSR count). The van der Waals surface area contributed by atoms with E-state index in [2.05, 4.69) is 5.32 Å². The van der Waals surface area contributed by atoms with Gasteiger partial charge < -0.3 is 19.4 Å². The summed E-state index contributed by atoms with van der Waals surface area (Å²) < 4.78 is 10.5. The monoisotopic (exact) mass is 384 g/mol. The van der Waals surface area contributed by atoms with Crippen LogP contribution in [0.15, 0.2) is 41.0 Å². The number of hydrogen-bond acceptors (Lipinski definition) is 5. The van der Waals surface area contributed by atoms with Crippen molar-refractivity contribution in [3.8, 4) is 5.75 Å². The summed E-state index contributed by atoms with van der Waals surface area (Å²) in [5, 5.41) is 3.02. The predicted molar refractivity (Wildman–Crippen MR) is 102 cm³/mol. The lowest BCUT2D eigenvalue weighted by Crippen LogP contribution is -2.46. The molecule has 148 valence electrons. The number of methoxy groups -OCH3 is 1. The van der Waals surface area contributed by atoms with Crippen molar-refractivity contribution in [1.82, 2.24) is 10.2 Å². The lowest BCUT2D eigenvalue weighted by Gasteiger charge is -2.32. The summed E-state index contributed by atoms with van der Waals surface area (Å²) in [4.78, 5) is 38.1. The number of furan rings is 1. The molecule has 2 heterocycles. The van der Waals surface area contributed by atoms with Gasteiger partial charge in [0.2, 0.25) is 5.91 Å². The summed E-state index contributed by atoms with van der Waals surface area (Å²) in [6.45, 7) is 2.62. The number of hydrogen-bond donors (Lipinski definition) is 1. The van der Waals surface area contributed by atoms with Crippen LogP contribution in [0.4, 0.5) is 0 Å². The van der Waals surface area contributed by atoms with Crippen LogP contribution < -0.4 is 10.1 Å². The highest BCUT2D eigenvalue weighted by atomic mass is 16.5. The van der Waals surface area contributed by atoms with Gasteiger partial charge in [-0.25, -0.2) is 0 Å². The molecule has 7 heteroatoms. The summed E-state index contributed by atoms with van der Waals surface area (Å²) in [6, 6.07) is 8.45. The van der Waals surface area contributed by atoms with Crippen LogP contribution >= 0.6 is 0 Å². The van der Waals surface area contributed by atoms with Crippen molar-refractivity contribution >= 4 is 17.6 Å². The van der Waals surface area contributed by atoms with Gasteiger partial charge in [0.1, 0.15) is 5.75 Å². The van der Waals surface area contributed by atoms with E-state index in [1.165, 1.54) is 20.3 Å². The van der Waals surface area contributed by atoms with E-state index in [-0.39, 0.29) is 30.1 Å². The van der Waals surface area contributed by atoms with Crippen molar-refractivity contribution in [2.45, 2.75) is 32.2 Å². The van der Waals surface area contributed by atoms with Gasteiger partial charge in [0.15, 0.2) is 11.5 Å². The van der Waals surface area contributed by atoms with Crippen LogP contribution in [0.2, 0.25) is 0 Å². The second-order valence-corrected chi connectivity index (χ2v) is 6.87. The van der Waals surface area contributed by atoms with E-state index < -0.39 is 0 Å². The third-order valence-corrected chi connectivity index (χ3v) is 4.92. The molecule has 0 unspecified atom stereocenters. The van der Waals surface area contributed by atoms with Crippen molar-refractivity contribution < 1.29 is 23.5 Å². The minimum Gasteiger partial charge on any atom is -0.496 e. The molecule has 1 saturated heterocycles. The van der Waals surface area contributed by atoms with Crippen LogP contribution in [0.5, 0.6) is 5.75 Å². The maximum atomic E-state index is 12.5. The van der Waals surface area contributed by atoms with Crippen molar-refractivity contribution in [2.75, 3.05) is 20.2 Å². The Morgan fingerprint density at radius 3 is 2.57 bits per heavy atom. The topological polar surface area (TPSA) is 88.9 Å². The molecular formula is C21H24N2O5. The largest absolute Gasteiger partial charge is 0.496 e. The molecule has 0 spiro atoms. The van der Waals surface area contributed by atoms with Crippen LogP contribution in [0.25, 0.3) is 0 Å². The third-order valence-electron chi connectivity index (χ3n) is 4.92. The van der Waals surface area contributed by atoms with Crippen molar-refractivity contribution in [1.29, 1.82) is 0 Å². The first-order valence-corrected chi connectivity index (χ1v) is 9.28. The molecule has 1 aliphatic rings. The Hall–Kier alpha value is -3.09. The van der Waals surface area contributed by atoms with E-state index in [4.69, 9.17) is 9.15 Å². The molecule has 2 aromatic rings. The first-order valence-electron chi connectivity index (χ1n) is 9.28. The Bertz CT molecular complexity index is 852. The van der Waals surface area contributed by atoms with Gasteiger partial charge in [0.05, 0.1) is 19.8 Å². The van der Waals surface area contributed by atoms with Gasteiger partial charge in [-0.1, -0.05) is 0 Å². The van der Waals surface area contributed by atoms with Gasteiger partial charge in [-0.05, 0) is 50.1 Å². The number of nitrogens with zero attached hydrogens (tertiary/aromatic N) is 1. The van der Waals surface area contributed by atoms with Crippen LogP contribution in [0, 0.1) is 0 Å². The normalized spacial score (nSPS) is 14.6. The van der Waals surface area contributed by atoms with E-state index in [1.807, 2.05) is 0 Å². The van der Waals surface area contributed by atoms with Gasteiger partial charge in [0, 0.05) is 30.3 Å². The van der Waals surface area contributed by atoms with Gasteiger partial charge in [-0.15, -0.1) is 0 Å². The van der Waals surface area contributed by atoms with E-state index in [0.29, 0.717) is 48.6 Å². The van der Waals surface area contributed by atoms with Crippen LogP contribution in [-0.4, -0.2) is 48.7 Å². The van der Waals surface area contributed by atoms with Gasteiger partial charge in [0.25, 0.3) is 5.91 Å². The highest BCUT2D eigenvalue weighted by molar-refractivity contribution is 5.95. The van der Waals surface area contributed by atoms with E-state index >= 15 is 0 Å². The molecule has 0 radical (unpaired) electrons. The second-order valence-electron chi connectivity index (χ2n) is 6.87. The molecule has 28 heavy (non-hydrogen) atoms. The average Bonchev–Trinajstić information content (AvgIpc) is 3.22. The average molecular weight is 384 g/mol. The summed E-state index contributed by atoms with van der Waals surface area (Å²) in [5.74, 6) is 0.604. The number of likely N-dealkylation sites (tertiary alicyclic amines) is 1. The Kier molecular flexibility index (Phi) is 6.13. The zero-order valence-corrected chi connectivity index (χ0v) is 16.1. The number of carbonyl (C=O) groups excluding carboxylic acids is 3. The maximum Gasteiger partial charge on any atom is 0.289 e. The minimum atomic E-state index is -0.130. The van der Waals surface area contributed by atoms with Crippen molar-refractivity contribution in [2.24, 2.45) is 0 Å². The number of benzene rings is 1. The lowest BCUT2D eigenvalue weighted by molar-refractivity contribution is -0.121. The van der Waals surface area contributed by atoms with Gasteiger partial charge in [-0.3, -0.25) is 14.4 Å². The first kappa shape index (κ1) is 19.7. The van der Waals surface area contributed by atoms with Gasteiger partial charge >= 0.3 is 0 Å². The number of amides is 2. The van der Waals surface area contributed by atoms with E-state index in [0.717, 1.165) is 0 Å². The Morgan fingerprint density at radius 2 is 1.96 bits per heavy atom. The number of carbonyl (C=O) groups is 3.